The molecule has 172 valence electrons. The number of thiophene rings is 1. The Hall–Kier alpha value is -3.27. The number of aromatic carboxylic acids is 1. The number of benzene rings is 1. The summed E-state index contributed by atoms with van der Waals surface area (Å²) in [4.78, 5) is 40.5. The first-order valence-corrected chi connectivity index (χ1v) is 12.2. The van der Waals surface area contributed by atoms with Gasteiger partial charge in [0.1, 0.15) is 10.6 Å². The van der Waals surface area contributed by atoms with Crippen LogP contribution in [0.4, 0.5) is 5.69 Å². The minimum Gasteiger partial charge on any atom is -0.478 e. The lowest BCUT2D eigenvalue weighted by Gasteiger charge is -2.29. The number of aryl methyl sites for hydroxylation is 1. The summed E-state index contributed by atoms with van der Waals surface area (Å²) in [7, 11) is 0. The van der Waals surface area contributed by atoms with Gasteiger partial charge in [-0.25, -0.2) is 4.79 Å². The van der Waals surface area contributed by atoms with Crippen molar-refractivity contribution in [1.82, 2.24) is 9.88 Å². The number of hydrogen-bond acceptors (Lipinski definition) is 5. The minimum absolute atomic E-state index is 0.0241. The number of fused-ring (bicyclic) bond motifs is 1. The van der Waals surface area contributed by atoms with Crippen molar-refractivity contribution in [2.75, 3.05) is 4.90 Å². The third-order valence-corrected chi connectivity index (χ3v) is 7.67. The lowest BCUT2D eigenvalue weighted by atomic mass is 9.95. The Balaban J connectivity index is 1.58. The fourth-order valence-electron chi connectivity index (χ4n) is 4.27. The highest BCUT2D eigenvalue weighted by molar-refractivity contribution is 7.80. The molecule has 10 heteroatoms. The summed E-state index contributed by atoms with van der Waals surface area (Å²) in [5.74, 6) is -2.17. The van der Waals surface area contributed by atoms with Crippen LogP contribution in [-0.2, 0) is 22.4 Å². The average Bonchev–Trinajstić information content (AvgIpc) is 3.41. The molecule has 2 amide bonds. The first-order chi connectivity index (χ1) is 16.3. The maximum Gasteiger partial charge on any atom is 0.339 e. The van der Waals surface area contributed by atoms with E-state index in [-0.39, 0.29) is 10.7 Å². The number of halogens is 1. The van der Waals surface area contributed by atoms with Gasteiger partial charge in [-0.2, -0.15) is 0 Å². The third kappa shape index (κ3) is 3.85. The van der Waals surface area contributed by atoms with E-state index >= 15 is 0 Å². The van der Waals surface area contributed by atoms with Crippen molar-refractivity contribution in [3.8, 4) is 5.00 Å². The van der Waals surface area contributed by atoms with Crippen LogP contribution in [0.3, 0.4) is 0 Å². The molecule has 0 bridgehead atoms. The number of thiocarbonyl (C=S) groups is 1. The molecule has 1 aliphatic heterocycles. The van der Waals surface area contributed by atoms with E-state index in [0.717, 1.165) is 36.1 Å². The van der Waals surface area contributed by atoms with Crippen molar-refractivity contribution in [2.24, 2.45) is 0 Å². The van der Waals surface area contributed by atoms with E-state index in [2.05, 4.69) is 5.32 Å². The van der Waals surface area contributed by atoms with Crippen LogP contribution in [0.5, 0.6) is 0 Å². The Morgan fingerprint density at radius 2 is 1.88 bits per heavy atom. The van der Waals surface area contributed by atoms with Crippen LogP contribution in [-0.4, -0.2) is 32.6 Å². The molecule has 2 aromatic heterocycles. The number of carbonyl (C=O) groups excluding carboxylic acids is 2. The summed E-state index contributed by atoms with van der Waals surface area (Å²) in [6.45, 7) is 0. The highest BCUT2D eigenvalue weighted by atomic mass is 35.5. The van der Waals surface area contributed by atoms with Crippen LogP contribution in [0.25, 0.3) is 11.1 Å². The number of carboxylic acid groups (broad SMARTS) is 1. The molecule has 5 rings (SSSR count). The Labute approximate surface area is 209 Å². The molecule has 0 spiro atoms. The molecule has 2 N–H and O–H groups in total. The molecule has 0 radical (unpaired) electrons. The molecular weight excluding hydrogens is 494 g/mol. The van der Waals surface area contributed by atoms with E-state index in [1.54, 1.807) is 47.2 Å². The number of carboxylic acids is 1. The van der Waals surface area contributed by atoms with Gasteiger partial charge in [-0.3, -0.25) is 19.8 Å². The molecule has 2 aliphatic rings. The number of aromatic nitrogens is 1. The summed E-state index contributed by atoms with van der Waals surface area (Å²) in [6, 6.07) is 10.0. The molecule has 34 heavy (non-hydrogen) atoms. The van der Waals surface area contributed by atoms with E-state index in [1.165, 1.54) is 22.3 Å². The Kier molecular flexibility index (Phi) is 5.85. The summed E-state index contributed by atoms with van der Waals surface area (Å²) in [5, 5.41) is 13.6. The smallest absolute Gasteiger partial charge is 0.339 e. The number of amides is 2. The largest absolute Gasteiger partial charge is 0.478 e. The van der Waals surface area contributed by atoms with Crippen LogP contribution < -0.4 is 10.2 Å². The molecular formula is C24H18ClN3O4S2. The lowest BCUT2D eigenvalue weighted by molar-refractivity contribution is -0.122. The highest BCUT2D eigenvalue weighted by Gasteiger charge is 2.35. The zero-order valence-corrected chi connectivity index (χ0v) is 20.1. The Morgan fingerprint density at radius 3 is 2.62 bits per heavy atom. The van der Waals surface area contributed by atoms with E-state index < -0.39 is 17.8 Å². The maximum absolute atomic E-state index is 13.3. The van der Waals surface area contributed by atoms with E-state index in [4.69, 9.17) is 23.8 Å². The van der Waals surface area contributed by atoms with Gasteiger partial charge >= 0.3 is 5.97 Å². The third-order valence-electron chi connectivity index (χ3n) is 5.84. The Morgan fingerprint density at radius 1 is 1.15 bits per heavy atom. The molecule has 3 heterocycles. The van der Waals surface area contributed by atoms with Gasteiger partial charge in [0.05, 0.1) is 11.3 Å². The zero-order chi connectivity index (χ0) is 24.0. The van der Waals surface area contributed by atoms with Crippen molar-refractivity contribution in [1.29, 1.82) is 0 Å². The van der Waals surface area contributed by atoms with Crippen molar-refractivity contribution in [2.45, 2.75) is 25.7 Å². The van der Waals surface area contributed by atoms with Crippen LogP contribution in [0.1, 0.15) is 39.3 Å². The summed E-state index contributed by atoms with van der Waals surface area (Å²) in [6.07, 6.45) is 6.78. The highest BCUT2D eigenvalue weighted by Crippen LogP contribution is 2.38. The lowest BCUT2D eigenvalue weighted by Crippen LogP contribution is -2.54. The van der Waals surface area contributed by atoms with Gasteiger partial charge in [-0.1, -0.05) is 11.6 Å². The monoisotopic (exact) mass is 511 g/mol. The second-order valence-corrected chi connectivity index (χ2v) is 9.84. The Bertz CT molecular complexity index is 1390. The second kappa shape index (κ2) is 8.83. The predicted octanol–water partition coefficient (Wildman–Crippen LogP) is 4.60. The van der Waals surface area contributed by atoms with E-state index in [9.17, 15) is 19.5 Å². The molecule has 3 aromatic rings. The molecule has 1 fully saturated rings. The number of rotatable bonds is 4. The van der Waals surface area contributed by atoms with Gasteiger partial charge in [-0.15, -0.1) is 11.3 Å². The van der Waals surface area contributed by atoms with Crippen molar-refractivity contribution >= 4 is 69.8 Å². The zero-order valence-electron chi connectivity index (χ0n) is 17.7. The second-order valence-electron chi connectivity index (χ2n) is 7.93. The van der Waals surface area contributed by atoms with Crippen molar-refractivity contribution < 1.29 is 19.5 Å². The fourth-order valence-corrected chi connectivity index (χ4v) is 6.06. The first-order valence-electron chi connectivity index (χ1n) is 10.6. The van der Waals surface area contributed by atoms with Crippen LogP contribution in [0.2, 0.25) is 5.02 Å². The number of anilines is 1. The molecule has 0 atom stereocenters. The average molecular weight is 512 g/mol. The molecule has 0 unspecified atom stereocenters. The standard InChI is InChI=1S/C24H18ClN3O4S2/c25-13-7-9-14(10-8-13)28-21(30)17(20(29)26-24(28)33)12-15-4-3-11-27(15)22-19(23(31)32)16-5-1-2-6-18(16)34-22/h3-4,7-12H,1-2,5-6H2,(H,31,32)(H,26,29,33)/b17-12+. The summed E-state index contributed by atoms with van der Waals surface area (Å²) in [5.41, 5.74) is 2.06. The van der Waals surface area contributed by atoms with Gasteiger partial charge in [0.2, 0.25) is 0 Å². The van der Waals surface area contributed by atoms with Gasteiger partial charge in [0, 0.05) is 21.8 Å². The van der Waals surface area contributed by atoms with Crippen LogP contribution in [0, 0.1) is 0 Å². The van der Waals surface area contributed by atoms with Crippen LogP contribution in [0.15, 0.2) is 48.2 Å². The van der Waals surface area contributed by atoms with Crippen LogP contribution >= 0.6 is 35.2 Å². The van der Waals surface area contributed by atoms with Gasteiger partial charge in [0.15, 0.2) is 5.11 Å². The molecule has 1 aliphatic carbocycles. The fraction of sp³-hybridized carbons (Fsp3) is 0.167. The quantitative estimate of drug-likeness (QED) is 0.303. The topological polar surface area (TPSA) is 91.6 Å². The summed E-state index contributed by atoms with van der Waals surface area (Å²) < 4.78 is 1.72. The molecule has 7 nitrogen and oxygen atoms in total. The summed E-state index contributed by atoms with van der Waals surface area (Å²) >= 11 is 12.6. The number of nitrogens with one attached hydrogen (secondary N) is 1. The molecule has 0 saturated carbocycles. The van der Waals surface area contributed by atoms with Gasteiger partial charge in [-0.05, 0) is 85.9 Å². The maximum atomic E-state index is 13.3. The van der Waals surface area contributed by atoms with E-state index in [0.29, 0.717) is 27.0 Å². The predicted molar refractivity (Wildman–Crippen MR) is 135 cm³/mol. The SMILES string of the molecule is O=C1NC(=S)N(c2ccc(Cl)cc2)C(=O)/C1=C/c1cccn1-c1sc2c(c1C(=O)O)CCCC2. The number of hydrogen-bond donors (Lipinski definition) is 2. The van der Waals surface area contributed by atoms with Gasteiger partial charge < -0.3 is 9.67 Å². The van der Waals surface area contributed by atoms with Crippen molar-refractivity contribution in [3.63, 3.8) is 0 Å². The minimum atomic E-state index is -0.979. The normalized spacial score (nSPS) is 17.1. The van der Waals surface area contributed by atoms with E-state index in [1.807, 2.05) is 0 Å². The number of carbonyl (C=O) groups is 3. The number of nitrogens with zero attached hydrogens (tertiary/aromatic N) is 2. The first kappa shape index (κ1) is 22.5. The molecule has 1 aromatic carbocycles. The van der Waals surface area contributed by atoms with Gasteiger partial charge in [0.25, 0.3) is 11.8 Å². The van der Waals surface area contributed by atoms with Crippen molar-refractivity contribution in [3.05, 3.63) is 74.9 Å². The molecule has 1 saturated heterocycles.